The number of piperazine rings is 1. The molecule has 12 heteroatoms. The van der Waals surface area contributed by atoms with Gasteiger partial charge < -0.3 is 34.5 Å². The summed E-state index contributed by atoms with van der Waals surface area (Å²) < 4.78 is 37.8. The summed E-state index contributed by atoms with van der Waals surface area (Å²) in [6, 6.07) is 7.32. The second kappa shape index (κ2) is 13.3. The summed E-state index contributed by atoms with van der Waals surface area (Å²) in [5.74, 6) is 0.947. The molecule has 4 aromatic rings. The van der Waals surface area contributed by atoms with E-state index in [1.54, 1.807) is 25.4 Å². The van der Waals surface area contributed by atoms with Crippen molar-refractivity contribution in [2.45, 2.75) is 46.1 Å². The average Bonchev–Trinajstić information content (AvgIpc) is 3.65. The second-order valence-corrected chi connectivity index (χ2v) is 11.4. The Hall–Kier alpha value is -4.42. The number of hydrogen-bond acceptors (Lipinski definition) is 9. The lowest BCUT2D eigenvalue weighted by Crippen LogP contribution is -2.44. The molecule has 2 aliphatic rings. The number of nitrogens with zero attached hydrogens (tertiary/aromatic N) is 7. The third-order valence-corrected chi connectivity index (χ3v) is 8.67. The van der Waals surface area contributed by atoms with Crippen molar-refractivity contribution in [1.82, 2.24) is 29.2 Å². The number of hydrogen-bond donors (Lipinski definition) is 2. The molecule has 2 aliphatic heterocycles. The van der Waals surface area contributed by atoms with Crippen LogP contribution in [-0.4, -0.2) is 89.1 Å². The van der Waals surface area contributed by atoms with Crippen molar-refractivity contribution in [2.75, 3.05) is 69.5 Å². The SMILES string of the molecule is [2H]C([2H])([2H])Oc1cc(N2CCN(C)CC2)ccc1Nc1ncc2c(n1)-n1ccc(C(=O)Nc3c(CC)nn(CCOC)c3CC)c1CC2. The minimum Gasteiger partial charge on any atom is -0.494 e. The normalized spacial score (nSPS) is 15.9. The van der Waals surface area contributed by atoms with Gasteiger partial charge in [-0.1, -0.05) is 13.8 Å². The topological polar surface area (TPSA) is 115 Å². The Morgan fingerprint density at radius 2 is 1.96 bits per heavy atom. The van der Waals surface area contributed by atoms with Crippen molar-refractivity contribution in [3.05, 3.63) is 64.9 Å². The number of likely N-dealkylation sites (N-methyl/N-ethyl adjacent to an activating group) is 1. The molecule has 1 saturated heterocycles. The Morgan fingerprint density at radius 1 is 1.11 bits per heavy atom. The lowest BCUT2D eigenvalue weighted by atomic mass is 10.0. The van der Waals surface area contributed by atoms with Gasteiger partial charge in [-0.2, -0.15) is 10.1 Å². The van der Waals surface area contributed by atoms with E-state index in [4.69, 9.17) is 23.7 Å². The molecule has 1 aromatic carbocycles. The molecule has 0 radical (unpaired) electrons. The lowest BCUT2D eigenvalue weighted by Gasteiger charge is -2.34. The van der Waals surface area contributed by atoms with Gasteiger partial charge in [-0.3, -0.25) is 9.48 Å². The molecule has 0 bridgehead atoms. The van der Waals surface area contributed by atoms with Gasteiger partial charge >= 0.3 is 0 Å². The maximum Gasteiger partial charge on any atom is 0.257 e. The van der Waals surface area contributed by atoms with Gasteiger partial charge in [0.05, 0.1) is 52.6 Å². The number of carbonyl (C=O) groups excluding carboxylic acids is 1. The number of ether oxygens (including phenoxy) is 2. The van der Waals surface area contributed by atoms with E-state index < -0.39 is 7.04 Å². The van der Waals surface area contributed by atoms with Gasteiger partial charge in [0.2, 0.25) is 5.95 Å². The predicted octanol–water partition coefficient (Wildman–Crippen LogP) is 4.09. The number of anilines is 4. The molecule has 3 aromatic heterocycles. The first-order valence-electron chi connectivity index (χ1n) is 17.1. The van der Waals surface area contributed by atoms with Crippen LogP contribution in [0, 0.1) is 0 Å². The van der Waals surface area contributed by atoms with Crippen molar-refractivity contribution in [3.63, 3.8) is 0 Å². The molecular formula is C33H43N9O3. The number of aromatic nitrogens is 5. The smallest absolute Gasteiger partial charge is 0.257 e. The predicted molar refractivity (Wildman–Crippen MR) is 176 cm³/mol. The maximum atomic E-state index is 13.7. The highest BCUT2D eigenvalue weighted by Crippen LogP contribution is 2.33. The van der Waals surface area contributed by atoms with Gasteiger partial charge in [0.25, 0.3) is 5.91 Å². The second-order valence-electron chi connectivity index (χ2n) is 11.4. The summed E-state index contributed by atoms with van der Waals surface area (Å²) >= 11 is 0. The van der Waals surface area contributed by atoms with Crippen molar-refractivity contribution in [2.24, 2.45) is 0 Å². The number of rotatable bonds is 11. The van der Waals surface area contributed by atoms with Crippen LogP contribution in [0.15, 0.2) is 36.7 Å². The highest BCUT2D eigenvalue weighted by atomic mass is 16.5. The Kier molecular flexibility index (Phi) is 7.96. The van der Waals surface area contributed by atoms with E-state index in [1.807, 2.05) is 34.5 Å². The molecule has 1 amide bonds. The molecule has 45 heavy (non-hydrogen) atoms. The van der Waals surface area contributed by atoms with Crippen LogP contribution in [0.2, 0.25) is 0 Å². The minimum absolute atomic E-state index is 0.191. The molecule has 238 valence electrons. The quantitative estimate of drug-likeness (QED) is 0.257. The van der Waals surface area contributed by atoms with Crippen molar-refractivity contribution >= 4 is 28.9 Å². The lowest BCUT2D eigenvalue weighted by molar-refractivity contribution is 0.102. The fourth-order valence-corrected chi connectivity index (χ4v) is 6.15. The van der Waals surface area contributed by atoms with Crippen LogP contribution in [0.1, 0.15) is 51.0 Å². The third-order valence-electron chi connectivity index (χ3n) is 8.67. The van der Waals surface area contributed by atoms with Crippen molar-refractivity contribution in [3.8, 4) is 11.6 Å². The largest absolute Gasteiger partial charge is 0.494 e. The van der Waals surface area contributed by atoms with Gasteiger partial charge in [-0.05, 0) is 50.9 Å². The fourth-order valence-electron chi connectivity index (χ4n) is 6.15. The fraction of sp³-hybridized carbons (Fsp3) is 0.455. The van der Waals surface area contributed by atoms with E-state index in [9.17, 15) is 4.79 Å². The summed E-state index contributed by atoms with van der Waals surface area (Å²) in [5, 5.41) is 11.1. The van der Waals surface area contributed by atoms with E-state index in [0.717, 1.165) is 66.6 Å². The average molecular weight is 617 g/mol. The summed E-state index contributed by atoms with van der Waals surface area (Å²) in [4.78, 5) is 27.6. The van der Waals surface area contributed by atoms with Crippen LogP contribution in [0.5, 0.6) is 5.75 Å². The summed E-state index contributed by atoms with van der Waals surface area (Å²) in [6.45, 7) is 8.74. The zero-order valence-electron chi connectivity index (χ0n) is 29.4. The molecule has 0 aliphatic carbocycles. The standard InChI is InChI=1S/C33H43N9O3/c1-6-25-30(27(7-2)42(38-25)18-19-44-4)36-32(43)24-12-13-41-28(24)11-8-22-21-34-33(37-31(22)41)35-26-10-9-23(20-29(26)45-5)40-16-14-39(3)15-17-40/h9-10,12-13,20-21H,6-8,11,14-19H2,1-5H3,(H,36,43)(H,34,35,37)/i5D3. The first-order valence-corrected chi connectivity index (χ1v) is 15.6. The Bertz CT molecular complexity index is 1780. The van der Waals surface area contributed by atoms with E-state index in [2.05, 4.69) is 39.4 Å². The molecule has 6 rings (SSSR count). The zero-order valence-corrected chi connectivity index (χ0v) is 26.4. The highest BCUT2D eigenvalue weighted by molar-refractivity contribution is 6.06. The summed E-state index contributed by atoms with van der Waals surface area (Å²) in [7, 11) is 1.11. The zero-order chi connectivity index (χ0) is 34.0. The van der Waals surface area contributed by atoms with Crippen LogP contribution < -0.4 is 20.3 Å². The molecule has 5 heterocycles. The van der Waals surface area contributed by atoms with Crippen LogP contribution in [-0.2, 0) is 37.0 Å². The highest BCUT2D eigenvalue weighted by Gasteiger charge is 2.26. The van der Waals surface area contributed by atoms with Gasteiger partial charge in [-0.15, -0.1) is 0 Å². The number of nitrogens with one attached hydrogen (secondary N) is 2. The summed E-state index contributed by atoms with van der Waals surface area (Å²) in [5.41, 5.74) is 6.29. The summed E-state index contributed by atoms with van der Waals surface area (Å²) in [6.07, 6.45) is 6.36. The first kappa shape index (κ1) is 26.9. The molecule has 1 fully saturated rings. The van der Waals surface area contributed by atoms with Crippen LogP contribution >= 0.6 is 0 Å². The van der Waals surface area contributed by atoms with E-state index in [1.165, 1.54) is 0 Å². The van der Waals surface area contributed by atoms with E-state index >= 15 is 0 Å². The Balaban J connectivity index is 1.26. The Morgan fingerprint density at radius 3 is 2.71 bits per heavy atom. The van der Waals surface area contributed by atoms with Gasteiger partial charge in [0.1, 0.15) is 11.6 Å². The van der Waals surface area contributed by atoms with Gasteiger partial charge in [0.15, 0.2) is 0 Å². The number of benzene rings is 1. The minimum atomic E-state index is -2.64. The molecular weight excluding hydrogens is 570 g/mol. The van der Waals surface area contributed by atoms with Crippen LogP contribution in [0.4, 0.5) is 23.0 Å². The van der Waals surface area contributed by atoms with Crippen molar-refractivity contribution < 1.29 is 18.4 Å². The molecule has 2 N–H and O–H groups in total. The van der Waals surface area contributed by atoms with Crippen LogP contribution in [0.3, 0.4) is 0 Å². The molecule has 0 atom stereocenters. The number of carbonyl (C=O) groups is 1. The van der Waals surface area contributed by atoms with Gasteiger partial charge in [-0.25, -0.2) is 4.98 Å². The first-order chi connectivity index (χ1) is 23.1. The Labute approximate surface area is 268 Å². The van der Waals surface area contributed by atoms with E-state index in [-0.39, 0.29) is 17.6 Å². The van der Waals surface area contributed by atoms with Crippen molar-refractivity contribution in [1.29, 1.82) is 0 Å². The van der Waals surface area contributed by atoms with E-state index in [0.29, 0.717) is 49.5 Å². The molecule has 12 nitrogen and oxygen atoms in total. The monoisotopic (exact) mass is 616 g/mol. The number of aryl methyl sites for hydroxylation is 2. The molecule has 0 saturated carbocycles. The molecule has 0 spiro atoms. The molecule has 0 unspecified atom stereocenters. The number of methoxy groups -OCH3 is 2. The number of amides is 1. The van der Waals surface area contributed by atoms with Gasteiger partial charge in [0, 0.05) is 68.7 Å². The maximum absolute atomic E-state index is 13.7. The van der Waals surface area contributed by atoms with Crippen LogP contribution in [0.25, 0.3) is 5.82 Å². The number of fused-ring (bicyclic) bond motifs is 3. The third kappa shape index (κ3) is 6.12.